The lowest BCUT2D eigenvalue weighted by molar-refractivity contribution is -0.117. The quantitative estimate of drug-likeness (QED) is 0.674. The lowest BCUT2D eigenvalue weighted by Gasteiger charge is -2.11. The molecule has 0 radical (unpaired) electrons. The molecular weight excluding hydrogens is 330 g/mol. The maximum absolute atomic E-state index is 12.1. The minimum Gasteiger partial charge on any atom is -0.495 e. The Bertz CT molecular complexity index is 742. The van der Waals surface area contributed by atoms with Crippen molar-refractivity contribution >= 4 is 28.9 Å². The topological polar surface area (TPSA) is 79.5 Å². The fourth-order valence-corrected chi connectivity index (χ4v) is 2.39. The summed E-state index contributed by atoms with van der Waals surface area (Å²) in [5, 5.41) is 8.69. The van der Waals surface area contributed by atoms with Crippen LogP contribution in [0.25, 0.3) is 0 Å². The predicted octanol–water partition coefficient (Wildman–Crippen LogP) is 3.73. The average Bonchev–Trinajstić information content (AvgIpc) is 2.61. The van der Waals surface area contributed by atoms with Gasteiger partial charge in [0.25, 0.3) is 0 Å². The number of carbonyl (C=O) groups is 2. The molecule has 0 unspecified atom stereocenters. The molecule has 2 aromatic rings. The van der Waals surface area contributed by atoms with E-state index < -0.39 is 0 Å². The van der Waals surface area contributed by atoms with Gasteiger partial charge in [-0.3, -0.25) is 9.59 Å². The third kappa shape index (κ3) is 6.12. The van der Waals surface area contributed by atoms with Gasteiger partial charge in [0.05, 0.1) is 19.3 Å². The highest BCUT2D eigenvalue weighted by Crippen LogP contribution is 2.22. The molecule has 0 aliphatic carbocycles. The number of hydrogen-bond donors (Lipinski definition) is 3. The third-order valence-corrected chi connectivity index (χ3v) is 3.59. The molecule has 0 saturated carbocycles. The number of anilines is 3. The van der Waals surface area contributed by atoms with E-state index in [-0.39, 0.29) is 18.4 Å². The van der Waals surface area contributed by atoms with E-state index in [1.807, 2.05) is 38.1 Å². The Morgan fingerprint density at radius 1 is 0.923 bits per heavy atom. The average molecular weight is 355 g/mol. The zero-order chi connectivity index (χ0) is 18.9. The fourth-order valence-electron chi connectivity index (χ4n) is 2.39. The van der Waals surface area contributed by atoms with Crippen LogP contribution in [0.3, 0.4) is 0 Å². The molecule has 0 aromatic heterocycles. The number of para-hydroxylation sites is 2. The number of carbonyl (C=O) groups excluding carboxylic acids is 2. The molecule has 3 N–H and O–H groups in total. The van der Waals surface area contributed by atoms with Crippen LogP contribution in [0.2, 0.25) is 0 Å². The molecule has 0 heterocycles. The number of methoxy groups -OCH3 is 1. The van der Waals surface area contributed by atoms with Crippen LogP contribution in [0.4, 0.5) is 17.1 Å². The fraction of sp³-hybridized carbons (Fsp3) is 0.300. The van der Waals surface area contributed by atoms with Crippen molar-refractivity contribution in [3.8, 4) is 5.75 Å². The van der Waals surface area contributed by atoms with Crippen molar-refractivity contribution in [2.24, 2.45) is 5.92 Å². The van der Waals surface area contributed by atoms with Crippen LogP contribution < -0.4 is 20.7 Å². The minimum absolute atomic E-state index is 0.0159. The first-order valence-electron chi connectivity index (χ1n) is 8.54. The molecule has 0 aliphatic rings. The minimum atomic E-state index is -0.174. The Balaban J connectivity index is 1.84. The Labute approximate surface area is 153 Å². The van der Waals surface area contributed by atoms with Crippen LogP contribution in [0.1, 0.15) is 20.3 Å². The Morgan fingerprint density at radius 2 is 1.50 bits per heavy atom. The molecular formula is C20H25N3O3. The SMILES string of the molecule is COc1ccccc1NCC(=O)Nc1ccc(NC(=O)CC(C)C)cc1. The van der Waals surface area contributed by atoms with E-state index >= 15 is 0 Å². The van der Waals surface area contributed by atoms with Crippen molar-refractivity contribution < 1.29 is 14.3 Å². The number of benzene rings is 2. The molecule has 2 rings (SSSR count). The Morgan fingerprint density at radius 3 is 2.08 bits per heavy atom. The van der Waals surface area contributed by atoms with Crippen molar-refractivity contribution in [1.82, 2.24) is 0 Å². The molecule has 2 aromatic carbocycles. The van der Waals surface area contributed by atoms with Crippen LogP contribution in [0.15, 0.2) is 48.5 Å². The highest BCUT2D eigenvalue weighted by molar-refractivity contribution is 5.95. The normalized spacial score (nSPS) is 10.3. The number of ether oxygens (including phenoxy) is 1. The van der Waals surface area contributed by atoms with Gasteiger partial charge in [-0.2, -0.15) is 0 Å². The lowest BCUT2D eigenvalue weighted by atomic mass is 10.1. The smallest absolute Gasteiger partial charge is 0.243 e. The summed E-state index contributed by atoms with van der Waals surface area (Å²) in [6.45, 7) is 4.11. The van der Waals surface area contributed by atoms with E-state index in [1.165, 1.54) is 0 Å². The summed E-state index contributed by atoms with van der Waals surface area (Å²) in [7, 11) is 1.59. The van der Waals surface area contributed by atoms with E-state index in [0.717, 1.165) is 5.69 Å². The summed E-state index contributed by atoms with van der Waals surface area (Å²) in [6, 6.07) is 14.5. The van der Waals surface area contributed by atoms with Crippen LogP contribution >= 0.6 is 0 Å². The number of hydrogen-bond acceptors (Lipinski definition) is 4. The summed E-state index contributed by atoms with van der Waals surface area (Å²) >= 11 is 0. The summed E-state index contributed by atoms with van der Waals surface area (Å²) < 4.78 is 5.24. The second-order valence-electron chi connectivity index (χ2n) is 6.33. The maximum atomic E-state index is 12.1. The van der Waals surface area contributed by atoms with Crippen LogP contribution in [0.5, 0.6) is 5.75 Å². The van der Waals surface area contributed by atoms with Crippen molar-refractivity contribution in [3.63, 3.8) is 0 Å². The first-order chi connectivity index (χ1) is 12.5. The van der Waals surface area contributed by atoms with Gasteiger partial charge in [-0.1, -0.05) is 26.0 Å². The Kier molecular flexibility index (Phi) is 7.02. The molecule has 2 amide bonds. The molecule has 6 heteroatoms. The van der Waals surface area contributed by atoms with E-state index in [1.54, 1.807) is 31.4 Å². The second-order valence-corrected chi connectivity index (χ2v) is 6.33. The van der Waals surface area contributed by atoms with E-state index in [4.69, 9.17) is 4.74 Å². The molecule has 0 bridgehead atoms. The van der Waals surface area contributed by atoms with Crippen molar-refractivity contribution in [1.29, 1.82) is 0 Å². The first kappa shape index (κ1) is 19.3. The molecule has 138 valence electrons. The van der Waals surface area contributed by atoms with E-state index in [2.05, 4.69) is 16.0 Å². The molecule has 0 spiro atoms. The van der Waals surface area contributed by atoms with Crippen LogP contribution in [-0.4, -0.2) is 25.5 Å². The lowest BCUT2D eigenvalue weighted by Crippen LogP contribution is -2.22. The number of nitrogens with one attached hydrogen (secondary N) is 3. The predicted molar refractivity (Wildman–Crippen MR) is 105 cm³/mol. The molecule has 6 nitrogen and oxygen atoms in total. The summed E-state index contributed by atoms with van der Waals surface area (Å²) in [4.78, 5) is 23.8. The zero-order valence-electron chi connectivity index (χ0n) is 15.3. The second kappa shape index (κ2) is 9.46. The third-order valence-electron chi connectivity index (χ3n) is 3.59. The van der Waals surface area contributed by atoms with Crippen LogP contribution in [-0.2, 0) is 9.59 Å². The van der Waals surface area contributed by atoms with Gasteiger partial charge < -0.3 is 20.7 Å². The van der Waals surface area contributed by atoms with Gasteiger partial charge in [0.1, 0.15) is 5.75 Å². The van der Waals surface area contributed by atoms with E-state index in [0.29, 0.717) is 29.5 Å². The maximum Gasteiger partial charge on any atom is 0.243 e. The molecule has 0 saturated heterocycles. The van der Waals surface area contributed by atoms with Crippen molar-refractivity contribution in [3.05, 3.63) is 48.5 Å². The van der Waals surface area contributed by atoms with Gasteiger partial charge in [-0.05, 0) is 42.3 Å². The monoisotopic (exact) mass is 355 g/mol. The molecule has 26 heavy (non-hydrogen) atoms. The molecule has 0 atom stereocenters. The van der Waals surface area contributed by atoms with Gasteiger partial charge >= 0.3 is 0 Å². The standard InChI is InChI=1S/C20H25N3O3/c1-14(2)12-19(24)22-15-8-10-16(11-9-15)23-20(25)13-21-17-6-4-5-7-18(17)26-3/h4-11,14,21H,12-13H2,1-3H3,(H,22,24)(H,23,25). The highest BCUT2D eigenvalue weighted by Gasteiger charge is 2.07. The number of rotatable bonds is 8. The summed E-state index contributed by atoms with van der Waals surface area (Å²) in [5.41, 5.74) is 2.13. The summed E-state index contributed by atoms with van der Waals surface area (Å²) in [6.07, 6.45) is 0.479. The number of amides is 2. The molecule has 0 fully saturated rings. The molecule has 0 aliphatic heterocycles. The van der Waals surface area contributed by atoms with Gasteiger partial charge in [-0.15, -0.1) is 0 Å². The van der Waals surface area contributed by atoms with E-state index in [9.17, 15) is 9.59 Å². The van der Waals surface area contributed by atoms with Gasteiger partial charge in [0.15, 0.2) is 0 Å². The van der Waals surface area contributed by atoms with Gasteiger partial charge in [-0.25, -0.2) is 0 Å². The largest absolute Gasteiger partial charge is 0.495 e. The van der Waals surface area contributed by atoms with Crippen molar-refractivity contribution in [2.75, 3.05) is 29.6 Å². The first-order valence-corrected chi connectivity index (χ1v) is 8.54. The van der Waals surface area contributed by atoms with Crippen molar-refractivity contribution in [2.45, 2.75) is 20.3 Å². The van der Waals surface area contributed by atoms with Gasteiger partial charge in [0.2, 0.25) is 11.8 Å². The highest BCUT2D eigenvalue weighted by atomic mass is 16.5. The Hall–Kier alpha value is -3.02. The van der Waals surface area contributed by atoms with Gasteiger partial charge in [0, 0.05) is 17.8 Å². The van der Waals surface area contributed by atoms with Crippen LogP contribution in [0, 0.1) is 5.92 Å². The zero-order valence-corrected chi connectivity index (χ0v) is 15.3. The summed E-state index contributed by atoms with van der Waals surface area (Å²) in [5.74, 6) is 0.802.